The van der Waals surface area contributed by atoms with Crippen LogP contribution in [0.15, 0.2) is 24.4 Å². The van der Waals surface area contributed by atoms with Crippen LogP contribution < -0.4 is 10.6 Å². The number of nitrogens with zero attached hydrogens (tertiary/aromatic N) is 6. The van der Waals surface area contributed by atoms with Crippen molar-refractivity contribution in [2.24, 2.45) is 7.05 Å². The maximum Gasteiger partial charge on any atom is 0.229 e. The van der Waals surface area contributed by atoms with Crippen LogP contribution in [0.4, 0.5) is 20.5 Å². The lowest BCUT2D eigenvalue weighted by Gasteiger charge is -2.38. The number of fused-ring (bicyclic) bond motifs is 1. The molecule has 0 saturated carbocycles. The lowest BCUT2D eigenvalue weighted by Crippen LogP contribution is -2.47. The normalized spacial score (nSPS) is 16.8. The minimum Gasteiger partial charge on any atom is -0.383 e. The van der Waals surface area contributed by atoms with Crippen molar-refractivity contribution < 1.29 is 8.78 Å². The second-order valence-electron chi connectivity index (χ2n) is 6.78. The number of rotatable bonds is 3. The van der Waals surface area contributed by atoms with Crippen molar-refractivity contribution in [3.05, 3.63) is 41.6 Å². The van der Waals surface area contributed by atoms with Crippen molar-refractivity contribution in [3.8, 4) is 0 Å². The molecule has 2 N–H and O–H groups in total. The van der Waals surface area contributed by atoms with Gasteiger partial charge in [0, 0.05) is 50.9 Å². The first-order valence-corrected chi connectivity index (χ1v) is 8.83. The molecule has 0 amide bonds. The number of halogens is 2. The molecule has 1 aliphatic heterocycles. The van der Waals surface area contributed by atoms with Crippen LogP contribution in [0.3, 0.4) is 0 Å². The molecule has 1 aromatic carbocycles. The standard InChI is InChI=1S/C18H21F2N7/c1-11(13-4-3-12(19)9-15(13)20)26-5-7-27(8-6-26)18-23-16(21)14-10-22-25(2)17(14)24-18/h3-4,9-11H,5-8H2,1-2H3,(H2,21,23,24). The Morgan fingerprint density at radius 1 is 1.11 bits per heavy atom. The smallest absolute Gasteiger partial charge is 0.229 e. The molecule has 142 valence electrons. The van der Waals surface area contributed by atoms with Crippen molar-refractivity contribution in [2.75, 3.05) is 36.8 Å². The van der Waals surface area contributed by atoms with Gasteiger partial charge in [-0.05, 0) is 13.0 Å². The second-order valence-corrected chi connectivity index (χ2v) is 6.78. The zero-order valence-corrected chi connectivity index (χ0v) is 15.2. The molecule has 1 saturated heterocycles. The molecule has 0 spiro atoms. The Kier molecular flexibility index (Phi) is 4.39. The maximum absolute atomic E-state index is 14.1. The van der Waals surface area contributed by atoms with E-state index in [1.807, 2.05) is 14.0 Å². The maximum atomic E-state index is 14.1. The number of benzene rings is 1. The van der Waals surface area contributed by atoms with E-state index in [0.29, 0.717) is 49.2 Å². The zero-order valence-electron chi connectivity index (χ0n) is 15.2. The van der Waals surface area contributed by atoms with E-state index in [1.165, 1.54) is 12.1 Å². The molecule has 0 bridgehead atoms. The van der Waals surface area contributed by atoms with E-state index in [9.17, 15) is 8.78 Å². The third-order valence-corrected chi connectivity index (χ3v) is 5.17. The van der Waals surface area contributed by atoms with Gasteiger partial charge in [0.05, 0.1) is 11.6 Å². The average molecular weight is 373 g/mol. The summed E-state index contributed by atoms with van der Waals surface area (Å²) in [6, 6.07) is 3.60. The molecule has 1 fully saturated rings. The van der Waals surface area contributed by atoms with E-state index < -0.39 is 11.6 Å². The van der Waals surface area contributed by atoms with Gasteiger partial charge in [-0.15, -0.1) is 0 Å². The average Bonchev–Trinajstić information content (AvgIpc) is 3.03. The Balaban J connectivity index is 1.49. The highest BCUT2D eigenvalue weighted by Crippen LogP contribution is 2.26. The first-order chi connectivity index (χ1) is 12.9. The quantitative estimate of drug-likeness (QED) is 0.758. The van der Waals surface area contributed by atoms with Crippen LogP contribution in [-0.4, -0.2) is 50.8 Å². The Morgan fingerprint density at radius 3 is 2.56 bits per heavy atom. The summed E-state index contributed by atoms with van der Waals surface area (Å²) in [5, 5.41) is 4.91. The Labute approximate surface area is 155 Å². The first-order valence-electron chi connectivity index (χ1n) is 8.83. The number of aryl methyl sites for hydroxylation is 1. The molecule has 1 atom stereocenters. The van der Waals surface area contributed by atoms with E-state index in [4.69, 9.17) is 5.73 Å². The summed E-state index contributed by atoms with van der Waals surface area (Å²) in [7, 11) is 1.81. The molecule has 1 aliphatic rings. The van der Waals surface area contributed by atoms with Crippen molar-refractivity contribution in [1.82, 2.24) is 24.6 Å². The van der Waals surface area contributed by atoms with Crippen LogP contribution >= 0.6 is 0 Å². The summed E-state index contributed by atoms with van der Waals surface area (Å²) in [5.74, 6) is -0.0904. The van der Waals surface area contributed by atoms with Gasteiger partial charge in [-0.25, -0.2) is 8.78 Å². The summed E-state index contributed by atoms with van der Waals surface area (Å²) in [5.41, 5.74) is 7.24. The van der Waals surface area contributed by atoms with Gasteiger partial charge in [-0.1, -0.05) is 6.07 Å². The molecule has 0 radical (unpaired) electrons. The van der Waals surface area contributed by atoms with Crippen LogP contribution in [0.25, 0.3) is 11.0 Å². The number of nitrogens with two attached hydrogens (primary N) is 1. The molecule has 1 unspecified atom stereocenters. The van der Waals surface area contributed by atoms with Gasteiger partial charge >= 0.3 is 0 Å². The summed E-state index contributed by atoms with van der Waals surface area (Å²) >= 11 is 0. The minimum absolute atomic E-state index is 0.140. The van der Waals surface area contributed by atoms with Crippen molar-refractivity contribution in [1.29, 1.82) is 0 Å². The van der Waals surface area contributed by atoms with Crippen LogP contribution in [0.2, 0.25) is 0 Å². The summed E-state index contributed by atoms with van der Waals surface area (Å²) in [4.78, 5) is 13.2. The molecule has 0 aliphatic carbocycles. The van der Waals surface area contributed by atoms with Gasteiger partial charge in [0.25, 0.3) is 0 Å². The van der Waals surface area contributed by atoms with E-state index in [2.05, 4.69) is 24.9 Å². The van der Waals surface area contributed by atoms with E-state index in [-0.39, 0.29) is 6.04 Å². The van der Waals surface area contributed by atoms with Gasteiger partial charge in [0.2, 0.25) is 5.95 Å². The largest absolute Gasteiger partial charge is 0.383 e. The Bertz CT molecular complexity index is 979. The molecule has 4 rings (SSSR count). The first kappa shape index (κ1) is 17.6. The van der Waals surface area contributed by atoms with Crippen LogP contribution in [0.5, 0.6) is 0 Å². The highest BCUT2D eigenvalue weighted by Gasteiger charge is 2.25. The molecule has 3 heterocycles. The van der Waals surface area contributed by atoms with Crippen molar-refractivity contribution in [3.63, 3.8) is 0 Å². The zero-order chi connectivity index (χ0) is 19.1. The fourth-order valence-corrected chi connectivity index (χ4v) is 3.52. The number of aromatic nitrogens is 4. The molecular weight excluding hydrogens is 352 g/mol. The van der Waals surface area contributed by atoms with Crippen molar-refractivity contribution >= 4 is 22.8 Å². The lowest BCUT2D eigenvalue weighted by atomic mass is 10.1. The van der Waals surface area contributed by atoms with Gasteiger partial charge in [-0.2, -0.15) is 15.1 Å². The molecule has 2 aromatic heterocycles. The molecule has 9 heteroatoms. The third kappa shape index (κ3) is 3.18. The van der Waals surface area contributed by atoms with Crippen molar-refractivity contribution in [2.45, 2.75) is 13.0 Å². The Morgan fingerprint density at radius 2 is 1.85 bits per heavy atom. The predicted molar refractivity (Wildman–Crippen MR) is 99.3 cm³/mol. The number of anilines is 2. The fraction of sp³-hybridized carbons (Fsp3) is 0.389. The number of piperazine rings is 1. The minimum atomic E-state index is -0.562. The SMILES string of the molecule is CC(c1ccc(F)cc1F)N1CCN(c2nc(N)c3cnn(C)c3n2)CC1. The Hall–Kier alpha value is -2.81. The van der Waals surface area contributed by atoms with Crippen LogP contribution in [-0.2, 0) is 7.05 Å². The number of hydrogen-bond donors (Lipinski definition) is 1. The summed E-state index contributed by atoms with van der Waals surface area (Å²) in [6.45, 7) is 4.74. The monoisotopic (exact) mass is 373 g/mol. The topological polar surface area (TPSA) is 76.1 Å². The highest BCUT2D eigenvalue weighted by atomic mass is 19.1. The number of hydrogen-bond acceptors (Lipinski definition) is 6. The molecule has 7 nitrogen and oxygen atoms in total. The van der Waals surface area contributed by atoms with Crippen LogP contribution in [0, 0.1) is 11.6 Å². The van der Waals surface area contributed by atoms with Gasteiger partial charge in [0.15, 0.2) is 5.65 Å². The van der Waals surface area contributed by atoms with E-state index in [1.54, 1.807) is 10.9 Å². The second kappa shape index (κ2) is 6.73. The summed E-state index contributed by atoms with van der Waals surface area (Å²) in [6.07, 6.45) is 1.66. The highest BCUT2D eigenvalue weighted by molar-refractivity contribution is 5.86. The third-order valence-electron chi connectivity index (χ3n) is 5.17. The molecule has 27 heavy (non-hydrogen) atoms. The van der Waals surface area contributed by atoms with Crippen LogP contribution in [0.1, 0.15) is 18.5 Å². The van der Waals surface area contributed by atoms with E-state index in [0.717, 1.165) is 11.5 Å². The number of nitrogen functional groups attached to an aromatic ring is 1. The van der Waals surface area contributed by atoms with E-state index >= 15 is 0 Å². The van der Waals surface area contributed by atoms with Gasteiger partial charge in [-0.3, -0.25) is 9.58 Å². The molecule has 3 aromatic rings. The predicted octanol–water partition coefficient (Wildman–Crippen LogP) is 2.11. The molecular formula is C18H21F2N7. The van der Waals surface area contributed by atoms with Gasteiger partial charge in [0.1, 0.15) is 17.5 Å². The fourth-order valence-electron chi connectivity index (χ4n) is 3.52. The van der Waals surface area contributed by atoms with Gasteiger partial charge < -0.3 is 10.6 Å². The lowest BCUT2D eigenvalue weighted by molar-refractivity contribution is 0.194. The summed E-state index contributed by atoms with van der Waals surface area (Å²) < 4.78 is 28.9.